The number of Topliss-reactive ketones (excluding diaryl/α,β-unsaturated/α-hetero) is 1. The molecule has 3 rings (SSSR count). The fourth-order valence-corrected chi connectivity index (χ4v) is 4.59. The third-order valence-corrected chi connectivity index (χ3v) is 6.72. The summed E-state index contributed by atoms with van der Waals surface area (Å²) in [5.74, 6) is -0.661. The number of hydrogen-bond acceptors (Lipinski definition) is 6. The van der Waals surface area contributed by atoms with Crippen molar-refractivity contribution in [1.29, 1.82) is 0 Å². The summed E-state index contributed by atoms with van der Waals surface area (Å²) in [6.45, 7) is 10.2. The van der Waals surface area contributed by atoms with Crippen LogP contribution in [0.2, 0.25) is 0 Å². The second-order valence-electron chi connectivity index (χ2n) is 9.09. The van der Waals surface area contributed by atoms with Crippen molar-refractivity contribution in [1.82, 2.24) is 14.8 Å². The molecule has 1 N–H and O–H groups in total. The minimum Gasteiger partial charge on any atom is -0.507 e. The van der Waals surface area contributed by atoms with Gasteiger partial charge in [-0.2, -0.15) is 0 Å². The highest BCUT2D eigenvalue weighted by molar-refractivity contribution is 6.46. The van der Waals surface area contributed by atoms with Gasteiger partial charge in [0.1, 0.15) is 11.5 Å². The van der Waals surface area contributed by atoms with Crippen molar-refractivity contribution in [2.75, 3.05) is 32.8 Å². The number of nitrogens with zero attached hydrogens (tertiary/aromatic N) is 3. The van der Waals surface area contributed by atoms with E-state index in [4.69, 9.17) is 4.74 Å². The van der Waals surface area contributed by atoms with Crippen LogP contribution >= 0.6 is 0 Å². The Labute approximate surface area is 214 Å². The number of likely N-dealkylation sites (tertiary alicyclic amines) is 1. The van der Waals surface area contributed by atoms with Crippen LogP contribution in [0.3, 0.4) is 0 Å². The summed E-state index contributed by atoms with van der Waals surface area (Å²) in [5, 5.41) is 11.1. The Kier molecular flexibility index (Phi) is 10.5. The molecule has 1 aromatic heterocycles. The number of aliphatic hydroxyl groups excluding tert-OH is 1. The van der Waals surface area contributed by atoms with Gasteiger partial charge in [0.15, 0.2) is 0 Å². The average Bonchev–Trinajstić information content (AvgIpc) is 3.16. The van der Waals surface area contributed by atoms with Gasteiger partial charge in [0.2, 0.25) is 0 Å². The Morgan fingerprint density at radius 3 is 2.31 bits per heavy atom. The van der Waals surface area contributed by atoms with E-state index in [0.29, 0.717) is 18.7 Å². The third-order valence-electron chi connectivity index (χ3n) is 6.72. The second kappa shape index (κ2) is 13.8. The first kappa shape index (κ1) is 27.4. The summed E-state index contributed by atoms with van der Waals surface area (Å²) in [6.07, 6.45) is 8.38. The highest BCUT2D eigenvalue weighted by Gasteiger charge is 2.45. The van der Waals surface area contributed by atoms with Gasteiger partial charge in [0.05, 0.1) is 18.2 Å². The molecule has 1 atom stereocenters. The van der Waals surface area contributed by atoms with E-state index in [9.17, 15) is 14.7 Å². The zero-order chi connectivity index (χ0) is 25.9. The molecule has 1 aromatic carbocycles. The molecule has 0 aliphatic carbocycles. The van der Waals surface area contributed by atoms with E-state index in [1.807, 2.05) is 24.3 Å². The van der Waals surface area contributed by atoms with Crippen molar-refractivity contribution in [2.24, 2.45) is 0 Å². The molecule has 1 aliphatic heterocycles. The molecule has 7 nitrogen and oxygen atoms in total. The van der Waals surface area contributed by atoms with E-state index in [0.717, 1.165) is 50.2 Å². The number of carbonyl (C=O) groups is 2. The quantitative estimate of drug-likeness (QED) is 0.169. The van der Waals surface area contributed by atoms with E-state index in [1.54, 1.807) is 29.4 Å². The maximum Gasteiger partial charge on any atom is 0.295 e. The van der Waals surface area contributed by atoms with Crippen LogP contribution in [-0.2, 0) is 9.59 Å². The monoisotopic (exact) mass is 493 g/mol. The summed E-state index contributed by atoms with van der Waals surface area (Å²) >= 11 is 0. The molecule has 0 bridgehead atoms. The number of aromatic nitrogens is 1. The van der Waals surface area contributed by atoms with Crippen molar-refractivity contribution in [2.45, 2.75) is 58.9 Å². The predicted molar refractivity (Wildman–Crippen MR) is 142 cm³/mol. The minimum atomic E-state index is -0.659. The topological polar surface area (TPSA) is 83.0 Å². The second-order valence-corrected chi connectivity index (χ2v) is 9.09. The summed E-state index contributed by atoms with van der Waals surface area (Å²) < 4.78 is 5.88. The first-order valence-corrected chi connectivity index (χ1v) is 13.2. The number of ketones is 1. The van der Waals surface area contributed by atoms with Crippen LogP contribution in [0.4, 0.5) is 0 Å². The number of carbonyl (C=O) groups excluding carboxylic acids is 2. The fraction of sp³-hybridized carbons (Fsp3) is 0.483. The van der Waals surface area contributed by atoms with Gasteiger partial charge in [-0.15, -0.1) is 0 Å². The van der Waals surface area contributed by atoms with Crippen molar-refractivity contribution in [3.05, 3.63) is 65.5 Å². The lowest BCUT2D eigenvalue weighted by atomic mass is 9.95. The highest BCUT2D eigenvalue weighted by Crippen LogP contribution is 2.39. The van der Waals surface area contributed by atoms with Gasteiger partial charge in [-0.25, -0.2) is 0 Å². The lowest BCUT2D eigenvalue weighted by molar-refractivity contribution is -0.140. The Hall–Kier alpha value is -3.19. The molecule has 1 unspecified atom stereocenters. The summed E-state index contributed by atoms with van der Waals surface area (Å²) in [7, 11) is 0. The number of unbranched alkanes of at least 4 members (excludes halogenated alkanes) is 3. The number of amides is 1. The molecule has 0 spiro atoms. The highest BCUT2D eigenvalue weighted by atomic mass is 16.5. The number of benzene rings is 1. The Bertz CT molecular complexity index is 1020. The molecule has 0 saturated carbocycles. The maximum atomic E-state index is 13.2. The number of aliphatic hydroxyl groups is 1. The fourth-order valence-electron chi connectivity index (χ4n) is 4.59. The van der Waals surface area contributed by atoms with Crippen LogP contribution in [0.5, 0.6) is 5.75 Å². The standard InChI is InChI=1S/C29H39N3O4/c1-4-7-8-9-21-36-24-13-11-22(12-14-24)26-25(27(33)23-15-17-30-18-16-23)28(34)29(35)32(26)20-10-19-31(5-2)6-3/h11-18,26,33H,4-10,19-21H2,1-3H3. The molecule has 2 heterocycles. The molecule has 2 aromatic rings. The number of pyridine rings is 1. The van der Waals surface area contributed by atoms with Gasteiger partial charge in [0.25, 0.3) is 11.7 Å². The van der Waals surface area contributed by atoms with Crippen molar-refractivity contribution >= 4 is 17.4 Å². The van der Waals surface area contributed by atoms with Gasteiger partial charge in [0, 0.05) is 24.5 Å². The summed E-state index contributed by atoms with van der Waals surface area (Å²) in [5.41, 5.74) is 1.34. The number of ether oxygens (including phenoxy) is 1. The molecule has 36 heavy (non-hydrogen) atoms. The molecule has 7 heteroatoms. The van der Waals surface area contributed by atoms with Crippen LogP contribution in [0.15, 0.2) is 54.4 Å². The smallest absolute Gasteiger partial charge is 0.295 e. The van der Waals surface area contributed by atoms with Crippen LogP contribution < -0.4 is 4.74 Å². The Morgan fingerprint density at radius 1 is 0.972 bits per heavy atom. The molecule has 0 radical (unpaired) electrons. The molecular weight excluding hydrogens is 454 g/mol. The van der Waals surface area contributed by atoms with E-state index in [2.05, 4.69) is 30.7 Å². The first-order valence-electron chi connectivity index (χ1n) is 13.2. The Balaban J connectivity index is 1.88. The molecule has 1 fully saturated rings. The van der Waals surface area contributed by atoms with Crippen LogP contribution in [0.25, 0.3) is 5.76 Å². The van der Waals surface area contributed by atoms with Crippen LogP contribution in [0.1, 0.15) is 70.0 Å². The lowest BCUT2D eigenvalue weighted by Crippen LogP contribution is -2.33. The number of rotatable bonds is 14. The van der Waals surface area contributed by atoms with Gasteiger partial charge in [-0.3, -0.25) is 14.6 Å². The first-order chi connectivity index (χ1) is 17.5. The SMILES string of the molecule is CCCCCCOc1ccc(C2C(=C(O)c3ccncc3)C(=O)C(=O)N2CCCN(CC)CC)cc1. The zero-order valence-corrected chi connectivity index (χ0v) is 21.8. The molecule has 1 saturated heterocycles. The number of hydrogen-bond donors (Lipinski definition) is 1. The van der Waals surface area contributed by atoms with Crippen molar-refractivity contribution in [3.8, 4) is 5.75 Å². The molecule has 1 aliphatic rings. The maximum absolute atomic E-state index is 13.2. The summed E-state index contributed by atoms with van der Waals surface area (Å²) in [4.78, 5) is 34.2. The van der Waals surface area contributed by atoms with Crippen molar-refractivity contribution < 1.29 is 19.4 Å². The van der Waals surface area contributed by atoms with E-state index in [1.165, 1.54) is 12.8 Å². The molecule has 194 valence electrons. The molecule has 1 amide bonds. The third kappa shape index (κ3) is 6.72. The van der Waals surface area contributed by atoms with Crippen molar-refractivity contribution in [3.63, 3.8) is 0 Å². The van der Waals surface area contributed by atoms with E-state index >= 15 is 0 Å². The van der Waals surface area contributed by atoms with Crippen LogP contribution in [0, 0.1) is 0 Å². The van der Waals surface area contributed by atoms with E-state index in [-0.39, 0.29) is 11.3 Å². The largest absolute Gasteiger partial charge is 0.507 e. The molecular formula is C29H39N3O4. The van der Waals surface area contributed by atoms with Crippen LogP contribution in [-0.4, -0.2) is 64.4 Å². The van der Waals surface area contributed by atoms with Gasteiger partial charge < -0.3 is 19.6 Å². The lowest BCUT2D eigenvalue weighted by Gasteiger charge is -2.27. The zero-order valence-electron chi connectivity index (χ0n) is 21.8. The van der Waals surface area contributed by atoms with Gasteiger partial charge in [-0.05, 0) is 62.3 Å². The average molecular weight is 494 g/mol. The normalized spacial score (nSPS) is 17.2. The van der Waals surface area contributed by atoms with E-state index < -0.39 is 17.7 Å². The van der Waals surface area contributed by atoms with Gasteiger partial charge in [-0.1, -0.05) is 52.2 Å². The minimum absolute atomic E-state index is 0.113. The Morgan fingerprint density at radius 2 is 1.67 bits per heavy atom. The summed E-state index contributed by atoms with van der Waals surface area (Å²) in [6, 6.07) is 10.1. The van der Waals surface area contributed by atoms with Gasteiger partial charge >= 0.3 is 0 Å². The predicted octanol–water partition coefficient (Wildman–Crippen LogP) is 5.19.